The summed E-state index contributed by atoms with van der Waals surface area (Å²) in [6, 6.07) is 8.49. The van der Waals surface area contributed by atoms with Gasteiger partial charge in [0.15, 0.2) is 0 Å². The molecule has 0 saturated carbocycles. The van der Waals surface area contributed by atoms with E-state index in [1.807, 2.05) is 44.2 Å². The van der Waals surface area contributed by atoms with Crippen LogP contribution in [0.1, 0.15) is 26.3 Å². The summed E-state index contributed by atoms with van der Waals surface area (Å²) in [6.07, 6.45) is -1.05. The molecule has 0 aliphatic carbocycles. The Balaban J connectivity index is 1.95. The zero-order valence-corrected chi connectivity index (χ0v) is 15.6. The van der Waals surface area contributed by atoms with Crippen molar-refractivity contribution in [3.63, 3.8) is 0 Å². The van der Waals surface area contributed by atoms with E-state index in [0.29, 0.717) is 6.54 Å². The SMILES string of the molecule is COC(=O)N1[C@H]2CN(Cc3ccccc3)C(=O)[C@H](C(C)C)N2C(=O)[C@H]1C. The lowest BCUT2D eigenvalue weighted by Gasteiger charge is -2.45. The molecule has 0 spiro atoms. The van der Waals surface area contributed by atoms with E-state index in [4.69, 9.17) is 4.74 Å². The molecule has 0 aromatic heterocycles. The molecule has 0 radical (unpaired) electrons. The fraction of sp³-hybridized carbons (Fsp3) is 0.526. The standard InChI is InChI=1S/C19H25N3O4/c1-12(2)16-18(24)20(10-14-8-6-5-7-9-14)11-15-21(19(25)26-4)13(3)17(23)22(15)16/h5-9,12-13,15-16H,10-11H2,1-4H3/t13-,15-,16+/m1/s1. The minimum absolute atomic E-state index is 0.0580. The van der Waals surface area contributed by atoms with Crippen LogP contribution in [0.5, 0.6) is 0 Å². The molecule has 26 heavy (non-hydrogen) atoms. The van der Waals surface area contributed by atoms with Gasteiger partial charge in [0.25, 0.3) is 0 Å². The van der Waals surface area contributed by atoms with Gasteiger partial charge in [0.2, 0.25) is 11.8 Å². The predicted molar refractivity (Wildman–Crippen MR) is 94.8 cm³/mol. The van der Waals surface area contributed by atoms with Crippen LogP contribution < -0.4 is 0 Å². The summed E-state index contributed by atoms with van der Waals surface area (Å²) in [5, 5.41) is 0. The maximum Gasteiger partial charge on any atom is 0.411 e. The molecule has 7 heteroatoms. The van der Waals surface area contributed by atoms with Crippen LogP contribution in [0, 0.1) is 5.92 Å². The number of fused-ring (bicyclic) bond motifs is 1. The Bertz CT molecular complexity index is 706. The van der Waals surface area contributed by atoms with Crippen LogP contribution in [0.4, 0.5) is 4.79 Å². The highest BCUT2D eigenvalue weighted by molar-refractivity contribution is 5.95. The van der Waals surface area contributed by atoms with Gasteiger partial charge < -0.3 is 14.5 Å². The van der Waals surface area contributed by atoms with Crippen LogP contribution in [0.2, 0.25) is 0 Å². The van der Waals surface area contributed by atoms with Crippen molar-refractivity contribution in [2.24, 2.45) is 5.92 Å². The second-order valence-corrected chi connectivity index (χ2v) is 7.17. The Morgan fingerprint density at radius 3 is 2.42 bits per heavy atom. The van der Waals surface area contributed by atoms with Crippen molar-refractivity contribution < 1.29 is 19.1 Å². The predicted octanol–water partition coefficient (Wildman–Crippen LogP) is 1.68. The number of carbonyl (C=O) groups is 3. The van der Waals surface area contributed by atoms with Crippen molar-refractivity contribution in [2.75, 3.05) is 13.7 Å². The number of benzene rings is 1. The molecule has 3 amide bonds. The maximum absolute atomic E-state index is 13.1. The number of nitrogens with zero attached hydrogens (tertiary/aromatic N) is 3. The number of carbonyl (C=O) groups excluding carboxylic acids is 3. The van der Waals surface area contributed by atoms with Crippen molar-refractivity contribution in [3.8, 4) is 0 Å². The fourth-order valence-corrected chi connectivity index (χ4v) is 3.90. The molecule has 7 nitrogen and oxygen atoms in total. The molecule has 1 aromatic carbocycles. The fourth-order valence-electron chi connectivity index (χ4n) is 3.90. The van der Waals surface area contributed by atoms with Crippen LogP contribution in [0.15, 0.2) is 30.3 Å². The van der Waals surface area contributed by atoms with E-state index < -0.39 is 24.3 Å². The van der Waals surface area contributed by atoms with Crippen LogP contribution in [0.3, 0.4) is 0 Å². The number of methoxy groups -OCH3 is 1. The highest BCUT2D eigenvalue weighted by atomic mass is 16.5. The summed E-state index contributed by atoms with van der Waals surface area (Å²) in [7, 11) is 1.30. The third-order valence-corrected chi connectivity index (χ3v) is 5.15. The van der Waals surface area contributed by atoms with Gasteiger partial charge in [0, 0.05) is 6.54 Å². The van der Waals surface area contributed by atoms with E-state index in [0.717, 1.165) is 5.56 Å². The van der Waals surface area contributed by atoms with Crippen molar-refractivity contribution in [1.82, 2.24) is 14.7 Å². The van der Waals surface area contributed by atoms with Gasteiger partial charge in [-0.25, -0.2) is 4.79 Å². The summed E-state index contributed by atoms with van der Waals surface area (Å²) in [5.41, 5.74) is 1.01. The number of amides is 3. The largest absolute Gasteiger partial charge is 0.453 e. The Morgan fingerprint density at radius 1 is 1.19 bits per heavy atom. The molecule has 3 rings (SSSR count). The van der Waals surface area contributed by atoms with Crippen molar-refractivity contribution in [2.45, 2.75) is 45.6 Å². The highest BCUT2D eigenvalue weighted by Gasteiger charge is 2.55. The molecule has 2 aliphatic rings. The molecule has 2 saturated heterocycles. The molecular weight excluding hydrogens is 334 g/mol. The lowest BCUT2D eigenvalue weighted by atomic mass is 9.97. The highest BCUT2D eigenvalue weighted by Crippen LogP contribution is 2.33. The van der Waals surface area contributed by atoms with Gasteiger partial charge in [0.1, 0.15) is 18.2 Å². The van der Waals surface area contributed by atoms with Crippen molar-refractivity contribution in [3.05, 3.63) is 35.9 Å². The Morgan fingerprint density at radius 2 is 1.85 bits per heavy atom. The summed E-state index contributed by atoms with van der Waals surface area (Å²) in [4.78, 5) is 42.9. The summed E-state index contributed by atoms with van der Waals surface area (Å²) in [6.45, 7) is 6.25. The summed E-state index contributed by atoms with van der Waals surface area (Å²) >= 11 is 0. The van der Waals surface area contributed by atoms with Gasteiger partial charge in [-0.05, 0) is 18.4 Å². The molecule has 0 unspecified atom stereocenters. The average molecular weight is 359 g/mol. The quantitative estimate of drug-likeness (QED) is 0.823. The van der Waals surface area contributed by atoms with Crippen LogP contribution >= 0.6 is 0 Å². The first-order valence-corrected chi connectivity index (χ1v) is 8.88. The first kappa shape index (κ1) is 18.2. The zero-order chi connectivity index (χ0) is 19.0. The van der Waals surface area contributed by atoms with Gasteiger partial charge in [-0.3, -0.25) is 14.5 Å². The van der Waals surface area contributed by atoms with Crippen LogP contribution in [0.25, 0.3) is 0 Å². The summed E-state index contributed by atoms with van der Waals surface area (Å²) in [5.74, 6) is -0.337. The smallest absolute Gasteiger partial charge is 0.411 e. The number of ether oxygens (including phenoxy) is 1. The first-order chi connectivity index (χ1) is 12.4. The van der Waals surface area contributed by atoms with E-state index in [1.54, 1.807) is 16.7 Å². The third kappa shape index (κ3) is 2.91. The lowest BCUT2D eigenvalue weighted by molar-refractivity contribution is -0.156. The van der Waals surface area contributed by atoms with E-state index >= 15 is 0 Å². The summed E-state index contributed by atoms with van der Waals surface area (Å²) < 4.78 is 4.88. The third-order valence-electron chi connectivity index (χ3n) is 5.15. The van der Waals surface area contributed by atoms with Crippen LogP contribution in [-0.4, -0.2) is 64.5 Å². The topological polar surface area (TPSA) is 70.2 Å². The average Bonchev–Trinajstić information content (AvgIpc) is 2.86. The van der Waals surface area contributed by atoms with E-state index in [1.165, 1.54) is 12.0 Å². The Labute approximate surface area is 153 Å². The molecule has 140 valence electrons. The van der Waals surface area contributed by atoms with Gasteiger partial charge in [0.05, 0.1) is 13.7 Å². The van der Waals surface area contributed by atoms with E-state index in [2.05, 4.69) is 0 Å². The number of hydrogen-bond acceptors (Lipinski definition) is 4. The van der Waals surface area contributed by atoms with Crippen molar-refractivity contribution in [1.29, 1.82) is 0 Å². The van der Waals surface area contributed by atoms with E-state index in [-0.39, 0.29) is 24.3 Å². The second kappa shape index (κ2) is 6.97. The molecule has 2 heterocycles. The van der Waals surface area contributed by atoms with Gasteiger partial charge >= 0.3 is 6.09 Å². The minimum atomic E-state index is -0.641. The monoisotopic (exact) mass is 359 g/mol. The second-order valence-electron chi connectivity index (χ2n) is 7.17. The number of piperazine rings is 1. The molecule has 0 bridgehead atoms. The molecule has 1 aromatic rings. The molecule has 0 N–H and O–H groups in total. The maximum atomic E-state index is 13.1. The Hall–Kier alpha value is -2.57. The van der Waals surface area contributed by atoms with E-state index in [9.17, 15) is 14.4 Å². The van der Waals surface area contributed by atoms with Crippen molar-refractivity contribution >= 4 is 17.9 Å². The van der Waals surface area contributed by atoms with Gasteiger partial charge in [-0.1, -0.05) is 44.2 Å². The first-order valence-electron chi connectivity index (χ1n) is 8.88. The van der Waals surface area contributed by atoms with Gasteiger partial charge in [-0.2, -0.15) is 0 Å². The lowest BCUT2D eigenvalue weighted by Crippen LogP contribution is -2.64. The normalized spacial score (nSPS) is 25.7. The molecular formula is C19H25N3O4. The van der Waals surface area contributed by atoms with Gasteiger partial charge in [-0.15, -0.1) is 0 Å². The van der Waals surface area contributed by atoms with Crippen LogP contribution in [-0.2, 0) is 20.9 Å². The Kier molecular flexibility index (Phi) is 4.89. The number of rotatable bonds is 3. The molecule has 2 aliphatic heterocycles. The molecule has 2 fully saturated rings. The minimum Gasteiger partial charge on any atom is -0.453 e. The zero-order valence-electron chi connectivity index (χ0n) is 15.6. The molecule has 3 atom stereocenters. The number of hydrogen-bond donors (Lipinski definition) is 0.